The maximum absolute atomic E-state index is 12.1. The normalized spacial score (nSPS) is 16.5. The minimum absolute atomic E-state index is 0.0126. The Hall–Kier alpha value is -3.03. The molecule has 0 saturated carbocycles. The van der Waals surface area contributed by atoms with Crippen LogP contribution in [0.3, 0.4) is 0 Å². The first-order valence-electron chi connectivity index (χ1n) is 8.49. The van der Waals surface area contributed by atoms with Crippen molar-refractivity contribution >= 4 is 17.5 Å². The second kappa shape index (κ2) is 7.90. The molecule has 0 radical (unpaired) electrons. The molecule has 1 aliphatic heterocycles. The van der Waals surface area contributed by atoms with Crippen molar-refractivity contribution in [3.8, 4) is 0 Å². The average molecular weight is 356 g/mol. The molecule has 1 atom stereocenters. The molecule has 3 rings (SSSR count). The Morgan fingerprint density at radius 1 is 1.35 bits per heavy atom. The number of ether oxygens (including phenoxy) is 1. The van der Waals surface area contributed by atoms with E-state index in [4.69, 9.17) is 4.74 Å². The summed E-state index contributed by atoms with van der Waals surface area (Å²) in [4.78, 5) is 24.5. The number of hydrogen-bond donors (Lipinski definition) is 0. The Bertz CT molecular complexity index is 794. The van der Waals surface area contributed by atoms with E-state index in [-0.39, 0.29) is 24.8 Å². The number of benzene rings is 1. The van der Waals surface area contributed by atoms with E-state index in [1.165, 1.54) is 12.1 Å². The van der Waals surface area contributed by atoms with Gasteiger partial charge in [-0.05, 0) is 37.5 Å². The zero-order valence-corrected chi connectivity index (χ0v) is 14.5. The highest BCUT2D eigenvalue weighted by Crippen LogP contribution is 2.23. The number of esters is 1. The van der Waals surface area contributed by atoms with Crippen LogP contribution in [0.25, 0.3) is 0 Å². The van der Waals surface area contributed by atoms with Crippen molar-refractivity contribution in [2.24, 2.45) is 0 Å². The van der Waals surface area contributed by atoms with E-state index in [1.807, 2.05) is 19.1 Å². The average Bonchev–Trinajstić information content (AvgIpc) is 3.09. The second-order valence-corrected chi connectivity index (χ2v) is 6.31. The lowest BCUT2D eigenvalue weighted by Gasteiger charge is -2.24. The lowest BCUT2D eigenvalue weighted by Crippen LogP contribution is -2.34. The fourth-order valence-corrected chi connectivity index (χ4v) is 3.04. The van der Waals surface area contributed by atoms with Gasteiger partial charge in [0.05, 0.1) is 23.1 Å². The topological polar surface area (TPSA) is 98.5 Å². The first kappa shape index (κ1) is 17.8. The number of nitro groups is 1. The third-order valence-corrected chi connectivity index (χ3v) is 4.36. The quantitative estimate of drug-likeness (QED) is 0.445. The first-order chi connectivity index (χ1) is 12.5. The van der Waals surface area contributed by atoms with Crippen LogP contribution in [0.5, 0.6) is 0 Å². The monoisotopic (exact) mass is 356 g/mol. The number of aryl methyl sites for hydroxylation is 1. The van der Waals surface area contributed by atoms with Crippen molar-refractivity contribution in [1.29, 1.82) is 0 Å². The van der Waals surface area contributed by atoms with Crippen molar-refractivity contribution in [3.05, 3.63) is 57.8 Å². The van der Waals surface area contributed by atoms with Crippen molar-refractivity contribution in [2.75, 3.05) is 18.1 Å². The summed E-state index contributed by atoms with van der Waals surface area (Å²) in [6.45, 7) is 3.00. The van der Waals surface area contributed by atoms with Crippen molar-refractivity contribution in [2.45, 2.75) is 32.2 Å². The Kier molecular flexibility index (Phi) is 5.40. The van der Waals surface area contributed by atoms with E-state index in [0.717, 1.165) is 30.9 Å². The predicted molar refractivity (Wildman–Crippen MR) is 94.9 cm³/mol. The van der Waals surface area contributed by atoms with Gasteiger partial charge >= 0.3 is 5.97 Å². The van der Waals surface area contributed by atoms with Crippen molar-refractivity contribution in [3.63, 3.8) is 0 Å². The zero-order chi connectivity index (χ0) is 18.5. The fourth-order valence-electron chi connectivity index (χ4n) is 3.04. The molecule has 1 aromatic heterocycles. The van der Waals surface area contributed by atoms with Gasteiger partial charge in [0.1, 0.15) is 6.61 Å². The van der Waals surface area contributed by atoms with E-state index < -0.39 is 10.9 Å². The van der Waals surface area contributed by atoms with Crippen LogP contribution < -0.4 is 4.90 Å². The van der Waals surface area contributed by atoms with Gasteiger partial charge in [-0.1, -0.05) is 12.1 Å². The number of nitrogens with zero attached hydrogens (tertiary/aromatic N) is 4. The number of hydrogen-bond acceptors (Lipinski definition) is 7. The molecular weight excluding hydrogens is 336 g/mol. The zero-order valence-electron chi connectivity index (χ0n) is 14.5. The summed E-state index contributed by atoms with van der Waals surface area (Å²) in [5.74, 6) is 0.389. The van der Waals surface area contributed by atoms with Crippen LogP contribution in [0.2, 0.25) is 0 Å². The lowest BCUT2D eigenvalue weighted by atomic mass is 10.1. The van der Waals surface area contributed by atoms with E-state index in [2.05, 4.69) is 15.1 Å². The highest BCUT2D eigenvalue weighted by molar-refractivity contribution is 5.73. The van der Waals surface area contributed by atoms with E-state index in [1.54, 1.807) is 12.1 Å². The molecule has 1 saturated heterocycles. The fraction of sp³-hybridized carbons (Fsp3) is 0.389. The molecule has 2 heterocycles. The molecule has 0 N–H and O–H groups in total. The van der Waals surface area contributed by atoms with Gasteiger partial charge in [0.25, 0.3) is 5.69 Å². The van der Waals surface area contributed by atoms with Gasteiger partial charge in [-0.15, -0.1) is 5.10 Å². The standard InChI is InChI=1S/C18H20N4O4/c1-13-7-8-17(20-19-13)21-9-3-6-16(21)12-26-18(23)11-14-4-2-5-15(10-14)22(24)25/h2,4-5,7-8,10,16H,3,6,9,11-12H2,1H3/t16-/m1/s1. The molecule has 8 nitrogen and oxygen atoms in total. The number of non-ortho nitro benzene ring substituents is 1. The Labute approximate surface area is 150 Å². The first-order valence-corrected chi connectivity index (χ1v) is 8.49. The summed E-state index contributed by atoms with van der Waals surface area (Å²) in [6, 6.07) is 9.94. The minimum Gasteiger partial charge on any atom is -0.463 e. The highest BCUT2D eigenvalue weighted by Gasteiger charge is 2.27. The Morgan fingerprint density at radius 3 is 2.92 bits per heavy atom. The molecule has 0 spiro atoms. The number of carbonyl (C=O) groups excluding carboxylic acids is 1. The van der Waals surface area contributed by atoms with E-state index in [0.29, 0.717) is 5.56 Å². The Balaban J connectivity index is 1.56. The molecule has 1 aliphatic rings. The van der Waals surface area contributed by atoms with Crippen LogP contribution in [-0.4, -0.2) is 40.3 Å². The Morgan fingerprint density at radius 2 is 2.19 bits per heavy atom. The SMILES string of the molecule is Cc1ccc(N2CCC[C@@H]2COC(=O)Cc2cccc([N+](=O)[O-])c2)nn1. The van der Waals surface area contributed by atoms with Crippen LogP contribution in [0.1, 0.15) is 24.1 Å². The summed E-state index contributed by atoms with van der Waals surface area (Å²) in [5.41, 5.74) is 1.39. The third-order valence-electron chi connectivity index (χ3n) is 4.36. The van der Waals surface area contributed by atoms with E-state index >= 15 is 0 Å². The number of nitro benzene ring substituents is 1. The summed E-state index contributed by atoms with van der Waals surface area (Å²) in [7, 11) is 0. The molecule has 8 heteroatoms. The number of anilines is 1. The summed E-state index contributed by atoms with van der Waals surface area (Å²) >= 11 is 0. The van der Waals surface area contributed by atoms with Crippen LogP contribution >= 0.6 is 0 Å². The molecule has 1 fully saturated rings. The smallest absolute Gasteiger partial charge is 0.310 e. The molecule has 0 bridgehead atoms. The van der Waals surface area contributed by atoms with Crippen LogP contribution in [0, 0.1) is 17.0 Å². The van der Waals surface area contributed by atoms with Crippen LogP contribution in [0.4, 0.5) is 11.5 Å². The number of carbonyl (C=O) groups is 1. The van der Waals surface area contributed by atoms with Gasteiger partial charge in [-0.3, -0.25) is 14.9 Å². The molecule has 0 amide bonds. The maximum atomic E-state index is 12.1. The summed E-state index contributed by atoms with van der Waals surface area (Å²) in [5, 5.41) is 19.1. The molecule has 2 aromatic rings. The predicted octanol–water partition coefficient (Wildman–Crippen LogP) is 2.45. The maximum Gasteiger partial charge on any atom is 0.310 e. The largest absolute Gasteiger partial charge is 0.463 e. The number of rotatable bonds is 6. The van der Waals surface area contributed by atoms with Crippen LogP contribution in [-0.2, 0) is 16.0 Å². The van der Waals surface area contributed by atoms with Crippen LogP contribution in [0.15, 0.2) is 36.4 Å². The van der Waals surface area contributed by atoms with Gasteiger partial charge in [0, 0.05) is 18.7 Å². The second-order valence-electron chi connectivity index (χ2n) is 6.31. The molecule has 26 heavy (non-hydrogen) atoms. The van der Waals surface area contributed by atoms with Crippen molar-refractivity contribution < 1.29 is 14.5 Å². The summed E-state index contributed by atoms with van der Waals surface area (Å²) in [6.07, 6.45) is 1.93. The molecule has 1 aromatic carbocycles. The molecule has 136 valence electrons. The molecular formula is C18H20N4O4. The third kappa shape index (κ3) is 4.33. The van der Waals surface area contributed by atoms with Gasteiger partial charge in [0.2, 0.25) is 0 Å². The van der Waals surface area contributed by atoms with Gasteiger partial charge in [-0.25, -0.2) is 0 Å². The lowest BCUT2D eigenvalue weighted by molar-refractivity contribution is -0.384. The van der Waals surface area contributed by atoms with Gasteiger partial charge in [-0.2, -0.15) is 5.10 Å². The van der Waals surface area contributed by atoms with Gasteiger partial charge < -0.3 is 9.64 Å². The highest BCUT2D eigenvalue weighted by atomic mass is 16.6. The van der Waals surface area contributed by atoms with E-state index in [9.17, 15) is 14.9 Å². The number of aromatic nitrogens is 2. The molecule has 0 unspecified atom stereocenters. The summed E-state index contributed by atoms with van der Waals surface area (Å²) < 4.78 is 5.41. The molecule has 0 aliphatic carbocycles. The van der Waals surface area contributed by atoms with Crippen molar-refractivity contribution in [1.82, 2.24) is 10.2 Å². The minimum atomic E-state index is -0.478. The van der Waals surface area contributed by atoms with Gasteiger partial charge in [0.15, 0.2) is 5.82 Å².